The van der Waals surface area contributed by atoms with Crippen LogP contribution in [0.3, 0.4) is 0 Å². The van der Waals surface area contributed by atoms with E-state index in [4.69, 9.17) is 9.15 Å². The zero-order valence-electron chi connectivity index (χ0n) is 15.4. The summed E-state index contributed by atoms with van der Waals surface area (Å²) in [6.45, 7) is -0.0836. The normalized spacial score (nSPS) is 12.3. The molecule has 0 bridgehead atoms. The maximum absolute atomic E-state index is 13.0. The monoisotopic (exact) mass is 399 g/mol. The summed E-state index contributed by atoms with van der Waals surface area (Å²) in [4.78, 5) is 12.5. The van der Waals surface area contributed by atoms with Crippen molar-refractivity contribution >= 4 is 15.7 Å². The highest BCUT2D eigenvalue weighted by Crippen LogP contribution is 2.28. The van der Waals surface area contributed by atoms with Crippen LogP contribution < -0.4 is 10.1 Å². The Hall–Kier alpha value is -3.06. The number of carbonyl (C=O) groups is 1. The first-order valence-electron chi connectivity index (χ1n) is 8.72. The lowest BCUT2D eigenvalue weighted by molar-refractivity contribution is -0.120. The van der Waals surface area contributed by atoms with E-state index >= 15 is 0 Å². The zero-order valence-corrected chi connectivity index (χ0v) is 16.2. The molecule has 0 saturated heterocycles. The van der Waals surface area contributed by atoms with Crippen LogP contribution in [0.1, 0.15) is 16.6 Å². The standard InChI is InChI=1S/C21H21NO5S/c1-26-17-11-9-16(10-12-17)14-21(23)22-15-20(19-8-5-13-27-19)28(24,25)18-6-3-2-4-7-18/h2-13,20H,14-15H2,1H3,(H,22,23). The molecule has 28 heavy (non-hydrogen) atoms. The van der Waals surface area contributed by atoms with Gasteiger partial charge in [-0.25, -0.2) is 8.42 Å². The molecule has 3 rings (SSSR count). The third-order valence-corrected chi connectivity index (χ3v) is 6.39. The number of hydrogen-bond donors (Lipinski definition) is 1. The summed E-state index contributed by atoms with van der Waals surface area (Å²) in [6, 6.07) is 18.5. The fourth-order valence-electron chi connectivity index (χ4n) is 2.81. The van der Waals surface area contributed by atoms with E-state index in [9.17, 15) is 13.2 Å². The number of ether oxygens (including phenoxy) is 1. The zero-order chi connectivity index (χ0) is 20.0. The van der Waals surface area contributed by atoms with Gasteiger partial charge in [-0.2, -0.15) is 0 Å². The molecule has 1 unspecified atom stereocenters. The third-order valence-electron chi connectivity index (χ3n) is 4.32. The van der Waals surface area contributed by atoms with E-state index in [0.717, 1.165) is 5.56 Å². The van der Waals surface area contributed by atoms with Gasteiger partial charge in [-0.1, -0.05) is 30.3 Å². The number of hydrogen-bond acceptors (Lipinski definition) is 5. The summed E-state index contributed by atoms with van der Waals surface area (Å²) in [5.74, 6) is 0.717. The Morgan fingerprint density at radius 3 is 2.36 bits per heavy atom. The maximum Gasteiger partial charge on any atom is 0.224 e. The smallest absolute Gasteiger partial charge is 0.224 e. The molecule has 146 valence electrons. The number of nitrogens with one attached hydrogen (secondary N) is 1. The van der Waals surface area contributed by atoms with Crippen molar-refractivity contribution in [3.8, 4) is 5.75 Å². The van der Waals surface area contributed by atoms with E-state index in [1.165, 1.54) is 18.4 Å². The molecule has 0 saturated carbocycles. The van der Waals surface area contributed by atoms with Gasteiger partial charge < -0.3 is 14.5 Å². The Balaban J connectivity index is 1.73. The summed E-state index contributed by atoms with van der Waals surface area (Å²) in [5.41, 5.74) is 0.804. The lowest BCUT2D eigenvalue weighted by Gasteiger charge is -2.16. The lowest BCUT2D eigenvalue weighted by Crippen LogP contribution is -2.32. The van der Waals surface area contributed by atoms with Crippen molar-refractivity contribution in [3.63, 3.8) is 0 Å². The topological polar surface area (TPSA) is 85.6 Å². The summed E-state index contributed by atoms with van der Waals surface area (Å²) < 4.78 is 36.5. The van der Waals surface area contributed by atoms with Crippen LogP contribution in [0.25, 0.3) is 0 Å². The molecule has 1 aromatic heterocycles. The second-order valence-electron chi connectivity index (χ2n) is 6.19. The second-order valence-corrected chi connectivity index (χ2v) is 8.32. The maximum atomic E-state index is 13.0. The molecular weight excluding hydrogens is 378 g/mol. The minimum absolute atomic E-state index is 0.0836. The number of sulfone groups is 1. The summed E-state index contributed by atoms with van der Waals surface area (Å²) in [7, 11) is -2.15. The fraction of sp³-hybridized carbons (Fsp3) is 0.190. The quantitative estimate of drug-likeness (QED) is 0.629. The van der Waals surface area contributed by atoms with Gasteiger partial charge in [0.25, 0.3) is 0 Å². The molecule has 0 aliphatic carbocycles. The highest BCUT2D eigenvalue weighted by atomic mass is 32.2. The van der Waals surface area contributed by atoms with Crippen LogP contribution in [0, 0.1) is 0 Å². The van der Waals surface area contributed by atoms with Crippen LogP contribution in [0.4, 0.5) is 0 Å². The summed E-state index contributed by atoms with van der Waals surface area (Å²) in [5, 5.41) is 1.71. The van der Waals surface area contributed by atoms with E-state index < -0.39 is 15.1 Å². The predicted molar refractivity (Wildman–Crippen MR) is 105 cm³/mol. The van der Waals surface area contributed by atoms with Crippen molar-refractivity contribution in [1.29, 1.82) is 0 Å². The summed E-state index contributed by atoms with van der Waals surface area (Å²) >= 11 is 0. The van der Waals surface area contributed by atoms with Crippen LogP contribution in [-0.4, -0.2) is 28.0 Å². The van der Waals surface area contributed by atoms with Gasteiger partial charge in [-0.05, 0) is 42.0 Å². The number of benzene rings is 2. The minimum atomic E-state index is -3.73. The number of rotatable bonds is 8. The van der Waals surface area contributed by atoms with Crippen molar-refractivity contribution in [2.45, 2.75) is 16.6 Å². The molecule has 0 radical (unpaired) electrons. The van der Waals surface area contributed by atoms with Crippen molar-refractivity contribution in [3.05, 3.63) is 84.3 Å². The molecular formula is C21H21NO5S. The second kappa shape index (κ2) is 8.75. The van der Waals surface area contributed by atoms with Crippen molar-refractivity contribution in [1.82, 2.24) is 5.32 Å². The Labute approximate surface area is 164 Å². The van der Waals surface area contributed by atoms with Crippen LogP contribution in [0.15, 0.2) is 82.3 Å². The van der Waals surface area contributed by atoms with Crippen LogP contribution >= 0.6 is 0 Å². The average molecular weight is 399 g/mol. The highest BCUT2D eigenvalue weighted by Gasteiger charge is 2.31. The molecule has 1 atom stereocenters. The van der Waals surface area contributed by atoms with E-state index in [0.29, 0.717) is 5.75 Å². The van der Waals surface area contributed by atoms with Crippen molar-refractivity contribution in [2.75, 3.05) is 13.7 Å². The van der Waals surface area contributed by atoms with E-state index in [1.807, 2.05) is 0 Å². The molecule has 1 N–H and O–H groups in total. The number of carbonyl (C=O) groups excluding carboxylic acids is 1. The minimum Gasteiger partial charge on any atom is -0.497 e. The Bertz CT molecular complexity index is 997. The molecule has 7 heteroatoms. The molecule has 3 aromatic rings. The van der Waals surface area contributed by atoms with Crippen LogP contribution in [0.2, 0.25) is 0 Å². The van der Waals surface area contributed by atoms with Gasteiger partial charge in [-0.3, -0.25) is 4.79 Å². The van der Waals surface area contributed by atoms with Gasteiger partial charge in [0.05, 0.1) is 24.7 Å². The first-order valence-corrected chi connectivity index (χ1v) is 10.3. The van der Waals surface area contributed by atoms with E-state index in [-0.39, 0.29) is 29.5 Å². The lowest BCUT2D eigenvalue weighted by atomic mass is 10.1. The Kier molecular flexibility index (Phi) is 6.16. The largest absolute Gasteiger partial charge is 0.497 e. The highest BCUT2D eigenvalue weighted by molar-refractivity contribution is 7.91. The van der Waals surface area contributed by atoms with Gasteiger partial charge in [0, 0.05) is 6.54 Å². The molecule has 1 heterocycles. The van der Waals surface area contributed by atoms with Crippen LogP contribution in [0.5, 0.6) is 5.75 Å². The molecule has 6 nitrogen and oxygen atoms in total. The van der Waals surface area contributed by atoms with Crippen molar-refractivity contribution in [2.24, 2.45) is 0 Å². The molecule has 0 spiro atoms. The third kappa shape index (κ3) is 4.61. The fourth-order valence-corrected chi connectivity index (χ4v) is 4.42. The summed E-state index contributed by atoms with van der Waals surface area (Å²) in [6.07, 6.45) is 1.56. The number of amides is 1. The van der Waals surface area contributed by atoms with Crippen molar-refractivity contribution < 1.29 is 22.4 Å². The molecule has 0 fully saturated rings. The van der Waals surface area contributed by atoms with Crippen LogP contribution in [-0.2, 0) is 21.1 Å². The van der Waals surface area contributed by atoms with Gasteiger partial charge in [0.1, 0.15) is 16.8 Å². The molecule has 0 aliphatic heterocycles. The van der Waals surface area contributed by atoms with E-state index in [1.54, 1.807) is 61.7 Å². The van der Waals surface area contributed by atoms with Gasteiger partial charge in [0.15, 0.2) is 9.84 Å². The van der Waals surface area contributed by atoms with E-state index in [2.05, 4.69) is 5.32 Å². The molecule has 1 amide bonds. The Morgan fingerprint density at radius 2 is 1.75 bits per heavy atom. The Morgan fingerprint density at radius 1 is 1.04 bits per heavy atom. The SMILES string of the molecule is COc1ccc(CC(=O)NCC(c2ccco2)S(=O)(=O)c2ccccc2)cc1. The van der Waals surface area contributed by atoms with Gasteiger partial charge in [-0.15, -0.1) is 0 Å². The molecule has 2 aromatic carbocycles. The first kappa shape index (κ1) is 19.7. The number of methoxy groups -OCH3 is 1. The van der Waals surface area contributed by atoms with Gasteiger partial charge in [0.2, 0.25) is 5.91 Å². The average Bonchev–Trinajstić information content (AvgIpc) is 3.23. The predicted octanol–water partition coefficient (Wildman–Crippen LogP) is 3.16. The molecule has 0 aliphatic rings. The van der Waals surface area contributed by atoms with Gasteiger partial charge >= 0.3 is 0 Å². The first-order chi connectivity index (χ1) is 13.5. The number of furan rings is 1.